The molecule has 2 fully saturated rings. The van der Waals surface area contributed by atoms with Crippen LogP contribution >= 0.6 is 0 Å². The maximum atomic E-state index is 12.5. The number of piperidine rings is 2. The molecule has 2 aliphatic rings. The number of carbonyl (C=O) groups is 2. The van der Waals surface area contributed by atoms with E-state index in [1.54, 1.807) is 4.90 Å². The highest BCUT2D eigenvalue weighted by Gasteiger charge is 2.27. The molecule has 2 heterocycles. The number of likely N-dealkylation sites (N-methyl/N-ethyl adjacent to an activating group) is 1. The van der Waals surface area contributed by atoms with Crippen molar-refractivity contribution in [2.24, 2.45) is 0 Å². The van der Waals surface area contributed by atoms with Crippen molar-refractivity contribution in [1.82, 2.24) is 10.2 Å². The van der Waals surface area contributed by atoms with E-state index in [1.165, 1.54) is 24.9 Å². The molecule has 24 heavy (non-hydrogen) atoms. The number of benzene rings is 1. The van der Waals surface area contributed by atoms with Crippen molar-refractivity contribution in [1.29, 1.82) is 0 Å². The molecule has 1 atom stereocenters. The summed E-state index contributed by atoms with van der Waals surface area (Å²) in [7, 11) is 1.81. The average Bonchev–Trinajstić information content (AvgIpc) is 2.62. The van der Waals surface area contributed by atoms with Crippen LogP contribution in [-0.4, -0.2) is 42.9 Å². The summed E-state index contributed by atoms with van der Waals surface area (Å²) >= 11 is 0. The van der Waals surface area contributed by atoms with Gasteiger partial charge in [-0.3, -0.25) is 9.59 Å². The molecule has 0 bridgehead atoms. The van der Waals surface area contributed by atoms with Gasteiger partial charge < -0.3 is 15.1 Å². The highest BCUT2D eigenvalue weighted by Crippen LogP contribution is 2.21. The van der Waals surface area contributed by atoms with E-state index in [9.17, 15) is 9.59 Å². The largest absolute Gasteiger partial charge is 0.372 e. The molecule has 2 aliphatic heterocycles. The molecule has 0 spiro atoms. The standard InChI is InChI=1S/C19H27N3O2/c1-21(19(24)17-6-5-7-18(23)20-17)14-15-8-10-16(11-9-15)22-12-3-2-4-13-22/h8-11,17H,2-7,12-14H2,1H3,(H,20,23)/t17-/m1/s1. The van der Waals surface area contributed by atoms with E-state index >= 15 is 0 Å². The van der Waals surface area contributed by atoms with Crippen LogP contribution in [0.5, 0.6) is 0 Å². The Bertz CT molecular complexity index is 579. The van der Waals surface area contributed by atoms with Crippen molar-refractivity contribution < 1.29 is 9.59 Å². The van der Waals surface area contributed by atoms with Gasteiger partial charge in [0.05, 0.1) is 0 Å². The third-order valence-electron chi connectivity index (χ3n) is 4.98. The number of nitrogens with zero attached hydrogens (tertiary/aromatic N) is 2. The lowest BCUT2D eigenvalue weighted by Gasteiger charge is -2.29. The van der Waals surface area contributed by atoms with E-state index in [4.69, 9.17) is 0 Å². The van der Waals surface area contributed by atoms with Gasteiger partial charge in [0.15, 0.2) is 0 Å². The minimum atomic E-state index is -0.358. The third kappa shape index (κ3) is 4.08. The zero-order valence-electron chi connectivity index (χ0n) is 14.5. The van der Waals surface area contributed by atoms with Crippen LogP contribution in [0.1, 0.15) is 44.1 Å². The third-order valence-corrected chi connectivity index (χ3v) is 4.98. The smallest absolute Gasteiger partial charge is 0.245 e. The van der Waals surface area contributed by atoms with E-state index in [2.05, 4.69) is 34.5 Å². The summed E-state index contributed by atoms with van der Waals surface area (Å²) < 4.78 is 0. The van der Waals surface area contributed by atoms with E-state index in [0.717, 1.165) is 31.5 Å². The molecule has 0 saturated carbocycles. The molecule has 5 nitrogen and oxygen atoms in total. The van der Waals surface area contributed by atoms with Gasteiger partial charge in [0.25, 0.3) is 0 Å². The summed E-state index contributed by atoms with van der Waals surface area (Å²) in [5.74, 6) is -0.0120. The predicted octanol–water partition coefficient (Wildman–Crippen LogP) is 2.30. The fraction of sp³-hybridized carbons (Fsp3) is 0.579. The molecular weight excluding hydrogens is 302 g/mol. The Labute approximate surface area is 144 Å². The Balaban J connectivity index is 1.56. The van der Waals surface area contributed by atoms with Crippen molar-refractivity contribution in [2.75, 3.05) is 25.0 Å². The summed E-state index contributed by atoms with van der Waals surface area (Å²) in [6, 6.07) is 8.16. The second kappa shape index (κ2) is 7.69. The van der Waals surface area contributed by atoms with Crippen LogP contribution < -0.4 is 10.2 Å². The first-order valence-corrected chi connectivity index (χ1v) is 9.02. The molecule has 1 N–H and O–H groups in total. The highest BCUT2D eigenvalue weighted by atomic mass is 16.2. The Morgan fingerprint density at radius 3 is 2.54 bits per heavy atom. The second-order valence-corrected chi connectivity index (χ2v) is 6.92. The highest BCUT2D eigenvalue weighted by molar-refractivity contribution is 5.88. The first-order chi connectivity index (χ1) is 11.6. The van der Waals surface area contributed by atoms with Gasteiger partial charge in [-0.25, -0.2) is 0 Å². The van der Waals surface area contributed by atoms with Gasteiger partial charge >= 0.3 is 0 Å². The van der Waals surface area contributed by atoms with Gasteiger partial charge in [0, 0.05) is 38.8 Å². The molecule has 0 aromatic heterocycles. The monoisotopic (exact) mass is 329 g/mol. The summed E-state index contributed by atoms with van der Waals surface area (Å²) in [6.07, 6.45) is 5.94. The zero-order chi connectivity index (χ0) is 16.9. The zero-order valence-corrected chi connectivity index (χ0v) is 14.5. The number of anilines is 1. The molecule has 1 aromatic carbocycles. The van der Waals surface area contributed by atoms with Crippen LogP contribution in [0, 0.1) is 0 Å². The Hall–Kier alpha value is -2.04. The summed E-state index contributed by atoms with van der Waals surface area (Å²) in [5.41, 5.74) is 2.39. The van der Waals surface area contributed by atoms with Crippen LogP contribution in [0.2, 0.25) is 0 Å². The van der Waals surface area contributed by atoms with E-state index in [0.29, 0.717) is 13.0 Å². The number of amides is 2. The summed E-state index contributed by atoms with van der Waals surface area (Å²) in [5, 5.41) is 2.80. The van der Waals surface area contributed by atoms with Gasteiger partial charge in [0.2, 0.25) is 11.8 Å². The van der Waals surface area contributed by atoms with Gasteiger partial charge in [-0.1, -0.05) is 12.1 Å². The summed E-state index contributed by atoms with van der Waals surface area (Å²) in [6.45, 7) is 2.85. The van der Waals surface area contributed by atoms with E-state index in [-0.39, 0.29) is 17.9 Å². The van der Waals surface area contributed by atoms with Crippen molar-refractivity contribution in [3.8, 4) is 0 Å². The SMILES string of the molecule is CN(Cc1ccc(N2CCCCC2)cc1)C(=O)[C@H]1CCCC(=O)N1. The minimum Gasteiger partial charge on any atom is -0.372 e. The van der Waals surface area contributed by atoms with Crippen LogP contribution in [0.15, 0.2) is 24.3 Å². The average molecular weight is 329 g/mol. The van der Waals surface area contributed by atoms with Crippen LogP contribution in [-0.2, 0) is 16.1 Å². The molecule has 2 amide bonds. The van der Waals surface area contributed by atoms with Gasteiger partial charge in [-0.15, -0.1) is 0 Å². The molecular formula is C19H27N3O2. The quantitative estimate of drug-likeness (QED) is 0.922. The van der Waals surface area contributed by atoms with Gasteiger partial charge in [-0.05, 0) is 49.8 Å². The Morgan fingerprint density at radius 2 is 1.88 bits per heavy atom. The Kier molecular flexibility index (Phi) is 5.38. The van der Waals surface area contributed by atoms with Crippen molar-refractivity contribution in [3.05, 3.63) is 29.8 Å². The molecule has 1 aromatic rings. The first-order valence-electron chi connectivity index (χ1n) is 9.02. The topological polar surface area (TPSA) is 52.7 Å². The molecule has 2 saturated heterocycles. The van der Waals surface area contributed by atoms with Crippen LogP contribution in [0.3, 0.4) is 0 Å². The lowest BCUT2D eigenvalue weighted by molar-refractivity contribution is -0.137. The normalized spacial score (nSPS) is 21.3. The number of rotatable bonds is 4. The second-order valence-electron chi connectivity index (χ2n) is 6.92. The summed E-state index contributed by atoms with van der Waals surface area (Å²) in [4.78, 5) is 28.1. The molecule has 0 unspecified atom stereocenters. The van der Waals surface area contributed by atoms with Crippen molar-refractivity contribution in [3.63, 3.8) is 0 Å². The molecule has 0 radical (unpaired) electrons. The maximum absolute atomic E-state index is 12.5. The van der Waals surface area contributed by atoms with Gasteiger partial charge in [-0.2, -0.15) is 0 Å². The molecule has 130 valence electrons. The number of carbonyl (C=O) groups excluding carboxylic acids is 2. The lowest BCUT2D eigenvalue weighted by atomic mass is 10.0. The molecule has 3 rings (SSSR count). The van der Waals surface area contributed by atoms with E-state index in [1.807, 2.05) is 7.05 Å². The van der Waals surface area contributed by atoms with Gasteiger partial charge in [0.1, 0.15) is 6.04 Å². The minimum absolute atomic E-state index is 0.00292. The van der Waals surface area contributed by atoms with Crippen molar-refractivity contribution in [2.45, 2.75) is 51.1 Å². The fourth-order valence-corrected chi connectivity index (χ4v) is 3.57. The van der Waals surface area contributed by atoms with Crippen LogP contribution in [0.25, 0.3) is 0 Å². The number of nitrogens with one attached hydrogen (secondary N) is 1. The lowest BCUT2D eigenvalue weighted by Crippen LogP contribution is -2.49. The predicted molar refractivity (Wildman–Crippen MR) is 94.8 cm³/mol. The fourth-order valence-electron chi connectivity index (χ4n) is 3.57. The van der Waals surface area contributed by atoms with Crippen LogP contribution in [0.4, 0.5) is 5.69 Å². The Morgan fingerprint density at radius 1 is 1.17 bits per heavy atom. The van der Waals surface area contributed by atoms with E-state index < -0.39 is 0 Å². The number of hydrogen-bond acceptors (Lipinski definition) is 3. The first kappa shape index (κ1) is 16.8. The molecule has 5 heteroatoms. The maximum Gasteiger partial charge on any atom is 0.245 e. The number of hydrogen-bond donors (Lipinski definition) is 1. The van der Waals surface area contributed by atoms with Crippen molar-refractivity contribution >= 4 is 17.5 Å². The molecule has 0 aliphatic carbocycles.